The Bertz CT molecular complexity index is 771. The number of carbonyl (C=O) groups is 1. The van der Waals surface area contributed by atoms with E-state index in [0.29, 0.717) is 13.1 Å². The van der Waals surface area contributed by atoms with Crippen LogP contribution in [0.15, 0.2) is 48.5 Å². The van der Waals surface area contributed by atoms with Crippen molar-refractivity contribution in [2.45, 2.75) is 6.54 Å². The van der Waals surface area contributed by atoms with Crippen LogP contribution >= 0.6 is 0 Å². The predicted molar refractivity (Wildman–Crippen MR) is 110 cm³/mol. The lowest BCUT2D eigenvalue weighted by Crippen LogP contribution is -3.15. The highest BCUT2D eigenvalue weighted by atomic mass is 16.5. The number of nitrogens with zero attached hydrogens (tertiary/aromatic N) is 2. The normalized spacial score (nSPS) is 14.6. The smallest absolute Gasteiger partial charge is 0.277 e. The number of carbonyl (C=O) groups excluding carboxylic acids is 1. The lowest BCUT2D eigenvalue weighted by atomic mass is 10.2. The fourth-order valence-electron chi connectivity index (χ4n) is 3.53. The van der Waals surface area contributed by atoms with Gasteiger partial charge in [0.05, 0.1) is 40.4 Å². The molecule has 1 amide bonds. The summed E-state index contributed by atoms with van der Waals surface area (Å²) in [5.41, 5.74) is 2.29. The van der Waals surface area contributed by atoms with Gasteiger partial charge in [0.2, 0.25) is 0 Å². The molecule has 1 aliphatic heterocycles. The van der Waals surface area contributed by atoms with Crippen molar-refractivity contribution in [3.63, 3.8) is 0 Å². The first-order valence-electron chi connectivity index (χ1n) is 9.68. The average molecular weight is 385 g/mol. The Hall–Kier alpha value is -2.73. The van der Waals surface area contributed by atoms with Gasteiger partial charge in [0, 0.05) is 19.3 Å². The number of piperazine rings is 1. The summed E-state index contributed by atoms with van der Waals surface area (Å²) in [6.07, 6.45) is 0. The number of hydrogen-bond donors (Lipinski definition) is 1. The molecule has 0 bridgehead atoms. The van der Waals surface area contributed by atoms with Gasteiger partial charge in [-0.2, -0.15) is 0 Å². The Morgan fingerprint density at radius 3 is 2.36 bits per heavy atom. The third-order valence-electron chi connectivity index (χ3n) is 5.29. The summed E-state index contributed by atoms with van der Waals surface area (Å²) in [5.74, 6) is 1.87. The van der Waals surface area contributed by atoms with Crippen LogP contribution in [0, 0.1) is 0 Å². The molecule has 3 rings (SSSR count). The van der Waals surface area contributed by atoms with Crippen LogP contribution in [0.4, 0.5) is 5.69 Å². The zero-order valence-electron chi connectivity index (χ0n) is 17.0. The van der Waals surface area contributed by atoms with Crippen LogP contribution in [0.1, 0.15) is 5.56 Å². The topological polar surface area (TPSA) is 46.5 Å². The van der Waals surface area contributed by atoms with Crippen molar-refractivity contribution in [3.8, 4) is 11.5 Å². The van der Waals surface area contributed by atoms with Crippen molar-refractivity contribution in [1.82, 2.24) is 4.90 Å². The van der Waals surface area contributed by atoms with E-state index in [1.165, 1.54) is 10.6 Å². The molecule has 1 saturated heterocycles. The number of rotatable bonds is 7. The summed E-state index contributed by atoms with van der Waals surface area (Å²) in [7, 11) is 5.21. The van der Waals surface area contributed by atoms with E-state index in [0.717, 1.165) is 43.2 Å². The van der Waals surface area contributed by atoms with E-state index in [1.807, 2.05) is 43.4 Å². The summed E-state index contributed by atoms with van der Waals surface area (Å²) >= 11 is 0. The molecule has 0 spiro atoms. The zero-order chi connectivity index (χ0) is 19.9. The molecule has 6 nitrogen and oxygen atoms in total. The number of likely N-dealkylation sites (N-methyl/N-ethyl adjacent to an activating group) is 1. The SMILES string of the molecule is COc1ccc(N2CC[NH+](CC(=O)N(C)Cc3cccc(OC)c3)CC2)cc1. The van der Waals surface area contributed by atoms with E-state index >= 15 is 0 Å². The minimum Gasteiger partial charge on any atom is -0.497 e. The first kappa shape index (κ1) is 20.0. The maximum atomic E-state index is 12.6. The van der Waals surface area contributed by atoms with Crippen molar-refractivity contribution in [2.24, 2.45) is 0 Å². The highest BCUT2D eigenvalue weighted by molar-refractivity contribution is 5.76. The van der Waals surface area contributed by atoms with Gasteiger partial charge in [-0.25, -0.2) is 0 Å². The molecule has 1 fully saturated rings. The first-order valence-corrected chi connectivity index (χ1v) is 9.68. The molecule has 6 heteroatoms. The number of hydrogen-bond acceptors (Lipinski definition) is 4. The Labute approximate surface area is 167 Å². The molecular weight excluding hydrogens is 354 g/mol. The molecular formula is C22H30N3O3+. The van der Waals surface area contributed by atoms with E-state index in [-0.39, 0.29) is 5.91 Å². The number of methoxy groups -OCH3 is 2. The molecule has 0 radical (unpaired) electrons. The fraction of sp³-hybridized carbons (Fsp3) is 0.409. The summed E-state index contributed by atoms with van der Waals surface area (Å²) in [6.45, 7) is 4.97. The van der Waals surface area contributed by atoms with Crippen LogP contribution in [0.5, 0.6) is 11.5 Å². The Morgan fingerprint density at radius 1 is 1.04 bits per heavy atom. The first-order chi connectivity index (χ1) is 13.6. The second kappa shape index (κ2) is 9.46. The molecule has 0 atom stereocenters. The van der Waals surface area contributed by atoms with Crippen molar-refractivity contribution >= 4 is 11.6 Å². The third kappa shape index (κ3) is 5.16. The molecule has 150 valence electrons. The van der Waals surface area contributed by atoms with Crippen LogP contribution in [0.25, 0.3) is 0 Å². The standard InChI is InChI=1S/C22H29N3O3/c1-23(16-18-5-4-6-21(15-18)28-3)22(26)17-24-11-13-25(14-12-24)19-7-9-20(27-2)10-8-19/h4-10,15H,11-14,16-17H2,1-3H3/p+1. The van der Waals surface area contributed by atoms with E-state index in [4.69, 9.17) is 9.47 Å². The van der Waals surface area contributed by atoms with Crippen molar-refractivity contribution < 1.29 is 19.2 Å². The average Bonchev–Trinajstić information content (AvgIpc) is 2.74. The van der Waals surface area contributed by atoms with Gasteiger partial charge in [-0.3, -0.25) is 4.79 Å². The minimum absolute atomic E-state index is 0.177. The number of benzene rings is 2. The Balaban J connectivity index is 1.47. The van der Waals surface area contributed by atoms with Gasteiger partial charge in [0.25, 0.3) is 5.91 Å². The molecule has 2 aromatic rings. The van der Waals surface area contributed by atoms with Crippen molar-refractivity contribution in [1.29, 1.82) is 0 Å². The van der Waals surface area contributed by atoms with Crippen LogP contribution in [-0.2, 0) is 11.3 Å². The van der Waals surface area contributed by atoms with Gasteiger partial charge in [0.15, 0.2) is 6.54 Å². The highest BCUT2D eigenvalue weighted by Gasteiger charge is 2.24. The molecule has 0 aromatic heterocycles. The lowest BCUT2D eigenvalue weighted by molar-refractivity contribution is -0.892. The number of amides is 1. The largest absolute Gasteiger partial charge is 0.497 e. The molecule has 1 aliphatic rings. The monoisotopic (exact) mass is 384 g/mol. The molecule has 28 heavy (non-hydrogen) atoms. The molecule has 0 saturated carbocycles. The van der Waals surface area contributed by atoms with Crippen LogP contribution in [0.3, 0.4) is 0 Å². The summed E-state index contributed by atoms with van der Waals surface area (Å²) in [5, 5.41) is 0. The van der Waals surface area contributed by atoms with Crippen LogP contribution in [0.2, 0.25) is 0 Å². The zero-order valence-corrected chi connectivity index (χ0v) is 17.0. The van der Waals surface area contributed by atoms with E-state index in [2.05, 4.69) is 17.0 Å². The fourth-order valence-corrected chi connectivity index (χ4v) is 3.53. The van der Waals surface area contributed by atoms with Crippen LogP contribution < -0.4 is 19.3 Å². The van der Waals surface area contributed by atoms with Gasteiger partial charge >= 0.3 is 0 Å². The predicted octanol–water partition coefficient (Wildman–Crippen LogP) is 1.07. The van der Waals surface area contributed by atoms with Gasteiger partial charge in [0.1, 0.15) is 11.5 Å². The summed E-state index contributed by atoms with van der Waals surface area (Å²) in [6, 6.07) is 16.0. The number of ether oxygens (including phenoxy) is 2. The van der Waals surface area contributed by atoms with E-state index in [1.54, 1.807) is 19.1 Å². The number of quaternary nitrogens is 1. The second-order valence-corrected chi connectivity index (χ2v) is 7.21. The van der Waals surface area contributed by atoms with Crippen LogP contribution in [-0.4, -0.2) is 64.8 Å². The molecule has 2 aromatic carbocycles. The second-order valence-electron chi connectivity index (χ2n) is 7.21. The molecule has 1 N–H and O–H groups in total. The third-order valence-corrected chi connectivity index (χ3v) is 5.29. The summed E-state index contributed by atoms with van der Waals surface area (Å²) < 4.78 is 10.5. The van der Waals surface area contributed by atoms with Crippen molar-refractivity contribution in [3.05, 3.63) is 54.1 Å². The summed E-state index contributed by atoms with van der Waals surface area (Å²) in [4.78, 5) is 18.2. The van der Waals surface area contributed by atoms with Gasteiger partial charge in [-0.15, -0.1) is 0 Å². The lowest BCUT2D eigenvalue weighted by Gasteiger charge is -2.34. The van der Waals surface area contributed by atoms with E-state index in [9.17, 15) is 4.79 Å². The molecule has 0 unspecified atom stereocenters. The highest BCUT2D eigenvalue weighted by Crippen LogP contribution is 2.19. The van der Waals surface area contributed by atoms with Crippen molar-refractivity contribution in [2.75, 3.05) is 58.9 Å². The maximum absolute atomic E-state index is 12.6. The van der Waals surface area contributed by atoms with E-state index < -0.39 is 0 Å². The Morgan fingerprint density at radius 2 is 1.71 bits per heavy atom. The van der Waals surface area contributed by atoms with Gasteiger partial charge < -0.3 is 24.2 Å². The number of nitrogens with one attached hydrogen (secondary N) is 1. The molecule has 0 aliphatic carbocycles. The number of anilines is 1. The van der Waals surface area contributed by atoms with Gasteiger partial charge in [-0.1, -0.05) is 12.1 Å². The maximum Gasteiger partial charge on any atom is 0.277 e. The Kier molecular flexibility index (Phi) is 6.76. The van der Waals surface area contributed by atoms with Gasteiger partial charge in [-0.05, 0) is 42.0 Å². The minimum atomic E-state index is 0.177. The quantitative estimate of drug-likeness (QED) is 0.776. The molecule has 1 heterocycles.